The summed E-state index contributed by atoms with van der Waals surface area (Å²) in [5, 5.41) is 9.91. The van der Waals surface area contributed by atoms with Gasteiger partial charge in [-0.3, -0.25) is 4.90 Å². The first-order valence-corrected chi connectivity index (χ1v) is 9.21. The van der Waals surface area contributed by atoms with Crippen molar-refractivity contribution in [3.63, 3.8) is 0 Å². The fourth-order valence-corrected chi connectivity index (χ4v) is 2.95. The number of benzene rings is 1. The average molecular weight is 382 g/mol. The highest BCUT2D eigenvalue weighted by Crippen LogP contribution is 2.37. The van der Waals surface area contributed by atoms with E-state index in [-0.39, 0.29) is 12.7 Å². The van der Waals surface area contributed by atoms with E-state index in [2.05, 4.69) is 21.8 Å². The number of imidazole rings is 1. The topological polar surface area (TPSA) is 70.6 Å². The van der Waals surface area contributed by atoms with Gasteiger partial charge in [0.15, 0.2) is 11.5 Å². The van der Waals surface area contributed by atoms with Crippen LogP contribution in [0.3, 0.4) is 0 Å². The van der Waals surface area contributed by atoms with Crippen molar-refractivity contribution in [3.05, 3.63) is 40.4 Å². The molecule has 0 amide bonds. The predicted octanol–water partition coefficient (Wildman–Crippen LogP) is 3.55. The summed E-state index contributed by atoms with van der Waals surface area (Å²) in [4.78, 5) is 9.56. The molecule has 144 valence electrons. The van der Waals surface area contributed by atoms with Crippen LogP contribution in [-0.2, 0) is 13.1 Å². The Morgan fingerprint density at radius 1 is 1.35 bits per heavy atom. The molecule has 0 saturated carbocycles. The van der Waals surface area contributed by atoms with Crippen molar-refractivity contribution < 1.29 is 14.6 Å². The summed E-state index contributed by atoms with van der Waals surface area (Å²) in [5.74, 6) is 2.07. The fourth-order valence-electron chi connectivity index (χ4n) is 2.67. The van der Waals surface area contributed by atoms with Crippen molar-refractivity contribution in [2.45, 2.75) is 46.4 Å². The van der Waals surface area contributed by atoms with E-state index in [9.17, 15) is 5.11 Å². The second-order valence-corrected chi connectivity index (χ2v) is 6.78. The molecule has 0 spiro atoms. The van der Waals surface area contributed by atoms with Gasteiger partial charge in [0.1, 0.15) is 5.82 Å². The van der Waals surface area contributed by atoms with E-state index in [1.165, 1.54) is 0 Å². The third-order valence-corrected chi connectivity index (χ3v) is 4.44. The first kappa shape index (κ1) is 20.6. The number of hydrogen-bond acceptors (Lipinski definition) is 5. The van der Waals surface area contributed by atoms with Crippen LogP contribution in [-0.4, -0.2) is 46.3 Å². The number of ether oxygens (including phenoxy) is 2. The molecule has 1 atom stereocenters. The third-order valence-electron chi connectivity index (χ3n) is 4.16. The normalized spacial score (nSPS) is 12.4. The molecule has 0 saturated heterocycles. The average Bonchev–Trinajstić information content (AvgIpc) is 3.01. The van der Waals surface area contributed by atoms with Gasteiger partial charge in [-0.15, -0.1) is 0 Å². The molecule has 2 N–H and O–H groups in total. The van der Waals surface area contributed by atoms with Crippen molar-refractivity contribution in [1.29, 1.82) is 0 Å². The molecule has 1 aromatic heterocycles. The van der Waals surface area contributed by atoms with Crippen LogP contribution in [0.2, 0.25) is 5.02 Å². The monoisotopic (exact) mass is 381 g/mol. The summed E-state index contributed by atoms with van der Waals surface area (Å²) in [7, 11) is 1.61. The lowest BCUT2D eigenvalue weighted by molar-refractivity contribution is 0.182. The number of rotatable bonds is 10. The van der Waals surface area contributed by atoms with Crippen LogP contribution in [0.25, 0.3) is 0 Å². The highest BCUT2D eigenvalue weighted by Gasteiger charge is 2.16. The van der Waals surface area contributed by atoms with Crippen LogP contribution in [0, 0.1) is 6.92 Å². The molecule has 0 bridgehead atoms. The molecule has 26 heavy (non-hydrogen) atoms. The number of aromatic nitrogens is 2. The number of halogens is 1. The van der Waals surface area contributed by atoms with Crippen LogP contribution in [0.5, 0.6) is 11.5 Å². The number of aliphatic hydroxyl groups is 1. The number of aromatic amines is 1. The van der Waals surface area contributed by atoms with Crippen molar-refractivity contribution in [1.82, 2.24) is 14.9 Å². The van der Waals surface area contributed by atoms with Crippen LogP contribution in [0.15, 0.2) is 18.3 Å². The van der Waals surface area contributed by atoms with E-state index in [1.54, 1.807) is 7.11 Å². The van der Waals surface area contributed by atoms with E-state index in [0.29, 0.717) is 36.2 Å². The number of aryl methyl sites for hydroxylation is 1. The van der Waals surface area contributed by atoms with E-state index in [0.717, 1.165) is 23.5 Å². The molecule has 2 rings (SSSR count). The van der Waals surface area contributed by atoms with Crippen molar-refractivity contribution in [2.24, 2.45) is 0 Å². The number of H-pyrrole nitrogens is 1. The molecule has 1 aromatic carbocycles. The van der Waals surface area contributed by atoms with Gasteiger partial charge in [0.05, 0.1) is 24.8 Å². The fraction of sp³-hybridized carbons (Fsp3) is 0.526. The molecule has 1 unspecified atom stereocenters. The maximum absolute atomic E-state index is 9.39. The van der Waals surface area contributed by atoms with Gasteiger partial charge in [0, 0.05) is 31.5 Å². The van der Waals surface area contributed by atoms with Gasteiger partial charge in [-0.2, -0.15) is 0 Å². The van der Waals surface area contributed by atoms with Gasteiger partial charge in [-0.25, -0.2) is 4.98 Å². The SMILES string of the molecule is CCC(C)Oc1c(Cl)cc(CN(CCO)Cc2cnc(C)[nH]2)cc1OC. The standard InChI is InChI=1S/C19H28ClN3O3/c1-5-13(2)26-19-17(20)8-15(9-18(19)25-4)11-23(6-7-24)12-16-10-21-14(3)22-16/h8-10,13,24H,5-7,11-12H2,1-4H3,(H,21,22). The molecule has 1 heterocycles. The molecular weight excluding hydrogens is 354 g/mol. The third kappa shape index (κ3) is 5.62. The second kappa shape index (κ2) is 9.80. The maximum atomic E-state index is 9.39. The molecule has 7 heteroatoms. The predicted molar refractivity (Wildman–Crippen MR) is 103 cm³/mol. The Bertz CT molecular complexity index is 705. The Hall–Kier alpha value is -1.76. The van der Waals surface area contributed by atoms with Crippen LogP contribution in [0.4, 0.5) is 0 Å². The van der Waals surface area contributed by atoms with E-state index in [4.69, 9.17) is 21.1 Å². The molecule has 6 nitrogen and oxygen atoms in total. The summed E-state index contributed by atoms with van der Waals surface area (Å²) in [6, 6.07) is 3.83. The number of methoxy groups -OCH3 is 1. The lowest BCUT2D eigenvalue weighted by Crippen LogP contribution is -2.26. The molecule has 0 fully saturated rings. The molecular formula is C19H28ClN3O3. The number of aliphatic hydroxyl groups excluding tert-OH is 1. The van der Waals surface area contributed by atoms with Crippen molar-refractivity contribution in [2.75, 3.05) is 20.3 Å². The Kier molecular flexibility index (Phi) is 7.75. The molecule has 0 aliphatic rings. The number of hydrogen-bond donors (Lipinski definition) is 2. The van der Waals surface area contributed by atoms with Crippen LogP contribution >= 0.6 is 11.6 Å². The summed E-state index contributed by atoms with van der Waals surface area (Å²) in [6.07, 6.45) is 2.76. The second-order valence-electron chi connectivity index (χ2n) is 6.37. The summed E-state index contributed by atoms with van der Waals surface area (Å²) in [6.45, 7) is 7.88. The van der Waals surface area contributed by atoms with Gasteiger partial charge in [0.2, 0.25) is 0 Å². The Morgan fingerprint density at radius 2 is 2.12 bits per heavy atom. The molecule has 0 radical (unpaired) electrons. The first-order chi connectivity index (χ1) is 12.5. The Morgan fingerprint density at radius 3 is 2.69 bits per heavy atom. The molecule has 2 aromatic rings. The zero-order valence-corrected chi connectivity index (χ0v) is 16.6. The summed E-state index contributed by atoms with van der Waals surface area (Å²) < 4.78 is 11.4. The van der Waals surface area contributed by atoms with Crippen molar-refractivity contribution >= 4 is 11.6 Å². The highest BCUT2D eigenvalue weighted by molar-refractivity contribution is 6.32. The van der Waals surface area contributed by atoms with E-state index < -0.39 is 0 Å². The minimum atomic E-state index is 0.0572. The number of nitrogens with zero attached hydrogens (tertiary/aromatic N) is 2. The lowest BCUT2D eigenvalue weighted by Gasteiger charge is -2.22. The van der Waals surface area contributed by atoms with Gasteiger partial charge in [0.25, 0.3) is 0 Å². The quantitative estimate of drug-likeness (QED) is 0.658. The van der Waals surface area contributed by atoms with Gasteiger partial charge in [-0.05, 0) is 38.0 Å². The van der Waals surface area contributed by atoms with Crippen LogP contribution < -0.4 is 9.47 Å². The summed E-state index contributed by atoms with van der Waals surface area (Å²) in [5.41, 5.74) is 2.00. The van der Waals surface area contributed by atoms with Crippen molar-refractivity contribution in [3.8, 4) is 11.5 Å². The van der Waals surface area contributed by atoms with Gasteiger partial charge >= 0.3 is 0 Å². The largest absolute Gasteiger partial charge is 0.493 e. The zero-order chi connectivity index (χ0) is 19.1. The number of nitrogens with one attached hydrogen (secondary N) is 1. The Balaban J connectivity index is 2.18. The highest BCUT2D eigenvalue weighted by atomic mass is 35.5. The summed E-state index contributed by atoms with van der Waals surface area (Å²) >= 11 is 6.45. The smallest absolute Gasteiger partial charge is 0.180 e. The zero-order valence-electron chi connectivity index (χ0n) is 15.9. The lowest BCUT2D eigenvalue weighted by atomic mass is 10.1. The molecule has 0 aliphatic heterocycles. The van der Waals surface area contributed by atoms with E-state index >= 15 is 0 Å². The maximum Gasteiger partial charge on any atom is 0.180 e. The van der Waals surface area contributed by atoms with Gasteiger partial charge in [-0.1, -0.05) is 18.5 Å². The van der Waals surface area contributed by atoms with E-state index in [1.807, 2.05) is 32.2 Å². The van der Waals surface area contributed by atoms with Crippen LogP contribution in [0.1, 0.15) is 37.4 Å². The first-order valence-electron chi connectivity index (χ1n) is 8.83. The Labute approximate surface area is 160 Å². The van der Waals surface area contributed by atoms with Gasteiger partial charge < -0.3 is 19.6 Å². The minimum absolute atomic E-state index is 0.0572. The molecule has 0 aliphatic carbocycles. The minimum Gasteiger partial charge on any atom is -0.493 e.